The third-order valence-corrected chi connectivity index (χ3v) is 4.34. The van der Waals surface area contributed by atoms with E-state index < -0.39 is 0 Å². The number of likely N-dealkylation sites (N-methyl/N-ethyl adjacent to an activating group) is 1. The Balaban J connectivity index is 2.41. The van der Waals surface area contributed by atoms with Crippen molar-refractivity contribution >= 4 is 5.97 Å². The minimum Gasteiger partial charge on any atom is -0.468 e. The third-order valence-electron chi connectivity index (χ3n) is 4.34. The molecule has 0 heterocycles. The van der Waals surface area contributed by atoms with Crippen LogP contribution in [0.25, 0.3) is 0 Å². The fourth-order valence-corrected chi connectivity index (χ4v) is 3.14. The number of rotatable bonds is 7. The third kappa shape index (κ3) is 5.11. The molecule has 0 saturated heterocycles. The van der Waals surface area contributed by atoms with Crippen LogP contribution in [-0.2, 0) is 9.53 Å². The van der Waals surface area contributed by atoms with E-state index in [1.165, 1.54) is 32.8 Å². The minimum absolute atomic E-state index is 0.146. The van der Waals surface area contributed by atoms with Crippen molar-refractivity contribution in [3.8, 4) is 0 Å². The second-order valence-electron chi connectivity index (χ2n) is 5.73. The summed E-state index contributed by atoms with van der Waals surface area (Å²) in [6.45, 7) is 6.11. The van der Waals surface area contributed by atoms with Crippen molar-refractivity contribution in [3.63, 3.8) is 0 Å². The molecule has 0 bridgehead atoms. The molecule has 3 unspecified atom stereocenters. The predicted octanol–water partition coefficient (Wildman–Crippen LogP) is 2.04. The highest BCUT2D eigenvalue weighted by molar-refractivity contribution is 5.75. The van der Waals surface area contributed by atoms with E-state index in [4.69, 9.17) is 4.74 Å². The molecule has 0 aromatic rings. The van der Waals surface area contributed by atoms with E-state index >= 15 is 0 Å². The van der Waals surface area contributed by atoms with Gasteiger partial charge in [0.05, 0.1) is 7.11 Å². The zero-order valence-corrected chi connectivity index (χ0v) is 12.9. The maximum atomic E-state index is 11.7. The van der Waals surface area contributed by atoms with Crippen molar-refractivity contribution in [2.75, 3.05) is 27.2 Å². The van der Waals surface area contributed by atoms with E-state index in [2.05, 4.69) is 24.2 Å². The summed E-state index contributed by atoms with van der Waals surface area (Å²) in [5, 5.41) is 3.20. The molecule has 1 aliphatic carbocycles. The number of carbonyl (C=O) groups excluding carboxylic acids is 1. The summed E-state index contributed by atoms with van der Waals surface area (Å²) in [5.74, 6) is 0.626. The SMILES string of the molecule is CCNC(CCN(C)C1CCCCC1C)C(=O)OC. The van der Waals surface area contributed by atoms with Crippen LogP contribution in [0.5, 0.6) is 0 Å². The van der Waals surface area contributed by atoms with Gasteiger partial charge in [-0.25, -0.2) is 0 Å². The van der Waals surface area contributed by atoms with Crippen molar-refractivity contribution in [2.24, 2.45) is 5.92 Å². The first-order valence-corrected chi connectivity index (χ1v) is 7.61. The largest absolute Gasteiger partial charge is 0.468 e. The van der Waals surface area contributed by atoms with Crippen LogP contribution in [0, 0.1) is 5.92 Å². The lowest BCUT2D eigenvalue weighted by atomic mass is 9.85. The number of hydrogen-bond acceptors (Lipinski definition) is 4. The van der Waals surface area contributed by atoms with E-state index in [1.54, 1.807) is 0 Å². The number of nitrogens with one attached hydrogen (secondary N) is 1. The fourth-order valence-electron chi connectivity index (χ4n) is 3.14. The van der Waals surface area contributed by atoms with Gasteiger partial charge in [-0.1, -0.05) is 26.7 Å². The number of ether oxygens (including phenoxy) is 1. The molecule has 1 N–H and O–H groups in total. The summed E-state index contributed by atoms with van der Waals surface area (Å²) in [7, 11) is 3.65. The molecule has 112 valence electrons. The lowest BCUT2D eigenvalue weighted by molar-refractivity contribution is -0.143. The molecular weight excluding hydrogens is 240 g/mol. The first kappa shape index (κ1) is 16.4. The van der Waals surface area contributed by atoms with Crippen molar-refractivity contribution in [1.82, 2.24) is 10.2 Å². The van der Waals surface area contributed by atoms with Crippen molar-refractivity contribution in [3.05, 3.63) is 0 Å². The summed E-state index contributed by atoms with van der Waals surface area (Å²) in [5.41, 5.74) is 0. The van der Waals surface area contributed by atoms with Gasteiger partial charge in [-0.2, -0.15) is 0 Å². The Hall–Kier alpha value is -0.610. The van der Waals surface area contributed by atoms with Gasteiger partial charge in [0, 0.05) is 12.6 Å². The summed E-state index contributed by atoms with van der Waals surface area (Å²) in [4.78, 5) is 14.1. The number of nitrogens with zero attached hydrogens (tertiary/aromatic N) is 1. The Morgan fingerprint density at radius 2 is 2.11 bits per heavy atom. The second-order valence-corrected chi connectivity index (χ2v) is 5.73. The van der Waals surface area contributed by atoms with E-state index in [0.717, 1.165) is 25.4 Å². The summed E-state index contributed by atoms with van der Waals surface area (Å²) < 4.78 is 4.84. The first-order chi connectivity index (χ1) is 9.10. The molecule has 0 aliphatic heterocycles. The molecule has 19 heavy (non-hydrogen) atoms. The van der Waals surface area contributed by atoms with Gasteiger partial charge in [-0.05, 0) is 38.8 Å². The topological polar surface area (TPSA) is 41.6 Å². The van der Waals surface area contributed by atoms with Crippen LogP contribution in [0.15, 0.2) is 0 Å². The van der Waals surface area contributed by atoms with Gasteiger partial charge in [0.1, 0.15) is 6.04 Å². The van der Waals surface area contributed by atoms with E-state index in [0.29, 0.717) is 6.04 Å². The lowest BCUT2D eigenvalue weighted by Crippen LogP contribution is -2.44. The van der Waals surface area contributed by atoms with E-state index in [9.17, 15) is 4.79 Å². The highest BCUT2D eigenvalue weighted by Gasteiger charge is 2.26. The van der Waals surface area contributed by atoms with Gasteiger partial charge in [-0.3, -0.25) is 4.79 Å². The summed E-state index contributed by atoms with van der Waals surface area (Å²) in [6.07, 6.45) is 6.16. The van der Waals surface area contributed by atoms with Gasteiger partial charge in [0.2, 0.25) is 0 Å². The van der Waals surface area contributed by atoms with Crippen LogP contribution >= 0.6 is 0 Å². The molecule has 4 nitrogen and oxygen atoms in total. The summed E-state index contributed by atoms with van der Waals surface area (Å²) in [6, 6.07) is 0.505. The molecule has 0 aromatic heterocycles. The number of hydrogen-bond donors (Lipinski definition) is 1. The van der Waals surface area contributed by atoms with Crippen LogP contribution < -0.4 is 5.32 Å². The monoisotopic (exact) mass is 270 g/mol. The maximum absolute atomic E-state index is 11.7. The van der Waals surface area contributed by atoms with Crippen molar-refractivity contribution < 1.29 is 9.53 Å². The quantitative estimate of drug-likeness (QED) is 0.719. The predicted molar refractivity (Wildman–Crippen MR) is 78.1 cm³/mol. The van der Waals surface area contributed by atoms with Crippen LogP contribution in [-0.4, -0.2) is 50.2 Å². The van der Waals surface area contributed by atoms with Gasteiger partial charge >= 0.3 is 5.97 Å². The Morgan fingerprint density at radius 1 is 1.42 bits per heavy atom. The number of carbonyl (C=O) groups is 1. The molecule has 4 heteroatoms. The van der Waals surface area contributed by atoms with Crippen molar-refractivity contribution in [1.29, 1.82) is 0 Å². The van der Waals surface area contributed by atoms with Crippen LogP contribution in [0.2, 0.25) is 0 Å². The average Bonchev–Trinajstić information content (AvgIpc) is 2.42. The molecule has 0 aromatic carbocycles. The smallest absolute Gasteiger partial charge is 0.322 e. The molecule has 3 atom stereocenters. The second kappa shape index (κ2) is 8.54. The first-order valence-electron chi connectivity index (χ1n) is 7.61. The van der Waals surface area contributed by atoms with Gasteiger partial charge in [0.15, 0.2) is 0 Å². The standard InChI is InChI=1S/C15H30N2O2/c1-5-16-13(15(18)19-4)10-11-17(3)14-9-7-6-8-12(14)2/h12-14,16H,5-11H2,1-4H3. The van der Waals surface area contributed by atoms with Crippen LogP contribution in [0.1, 0.15) is 46.0 Å². The zero-order chi connectivity index (χ0) is 14.3. The number of esters is 1. The molecule has 0 spiro atoms. The van der Waals surface area contributed by atoms with Gasteiger partial charge < -0.3 is 15.0 Å². The molecule has 0 radical (unpaired) electrons. The molecule has 1 saturated carbocycles. The van der Waals surface area contributed by atoms with E-state index in [-0.39, 0.29) is 12.0 Å². The fraction of sp³-hybridized carbons (Fsp3) is 0.933. The van der Waals surface area contributed by atoms with Gasteiger partial charge in [-0.15, -0.1) is 0 Å². The van der Waals surface area contributed by atoms with Crippen molar-refractivity contribution in [2.45, 2.75) is 58.0 Å². The normalized spacial score (nSPS) is 25.3. The Morgan fingerprint density at radius 3 is 2.68 bits per heavy atom. The molecule has 1 fully saturated rings. The summed E-state index contributed by atoms with van der Waals surface area (Å²) >= 11 is 0. The molecule has 0 amide bonds. The molecule has 1 aliphatic rings. The van der Waals surface area contributed by atoms with Crippen LogP contribution in [0.4, 0.5) is 0 Å². The molecular formula is C15H30N2O2. The molecule has 1 rings (SSSR count). The Bertz CT molecular complexity index is 271. The maximum Gasteiger partial charge on any atom is 0.322 e. The van der Waals surface area contributed by atoms with Gasteiger partial charge in [0.25, 0.3) is 0 Å². The highest BCUT2D eigenvalue weighted by atomic mass is 16.5. The minimum atomic E-state index is -0.170. The highest BCUT2D eigenvalue weighted by Crippen LogP contribution is 2.27. The van der Waals surface area contributed by atoms with E-state index in [1.807, 2.05) is 6.92 Å². The lowest BCUT2D eigenvalue weighted by Gasteiger charge is -2.36. The average molecular weight is 270 g/mol. The zero-order valence-electron chi connectivity index (χ0n) is 12.9. The Labute approximate surface area is 117 Å². The Kier molecular flexibility index (Phi) is 7.39. The van der Waals surface area contributed by atoms with Crippen LogP contribution in [0.3, 0.4) is 0 Å². The number of methoxy groups -OCH3 is 1.